The van der Waals surface area contributed by atoms with Crippen molar-refractivity contribution in [3.05, 3.63) is 369 Å². The van der Waals surface area contributed by atoms with Gasteiger partial charge in [0.15, 0.2) is 0 Å². The Morgan fingerprint density at radius 1 is 0.266 bits per heavy atom. The lowest BCUT2D eigenvalue weighted by atomic mass is 9.33. The predicted molar refractivity (Wildman–Crippen MR) is 463 cm³/mol. The molecule has 0 amide bonds. The fourth-order valence-corrected chi connectivity index (χ4v) is 18.6. The Bertz CT molecular complexity index is 8240. The van der Waals surface area contributed by atoms with E-state index in [-0.39, 0.29) is 91.8 Å². The van der Waals surface area contributed by atoms with Crippen LogP contribution in [-0.2, 0) is 0 Å². The van der Waals surface area contributed by atoms with Crippen molar-refractivity contribution in [1.82, 2.24) is 8.80 Å². The summed E-state index contributed by atoms with van der Waals surface area (Å²) in [6, 6.07) is 93.0. The third-order valence-corrected chi connectivity index (χ3v) is 23.2. The number of furan rings is 1. The molecular formula is C103H63BN4O. The fourth-order valence-electron chi connectivity index (χ4n) is 18.6. The summed E-state index contributed by atoms with van der Waals surface area (Å²) in [5, 5.41) is 10.6. The Morgan fingerprint density at radius 3 is 1.25 bits per heavy atom. The van der Waals surface area contributed by atoms with Crippen LogP contribution in [0.2, 0.25) is 0 Å². The van der Waals surface area contributed by atoms with Crippen molar-refractivity contribution in [3.63, 3.8) is 0 Å². The first kappa shape index (κ1) is 48.8. The molecule has 109 heavy (non-hydrogen) atoms. The predicted octanol–water partition coefficient (Wildman–Crippen LogP) is 26.1. The lowest BCUT2D eigenvalue weighted by molar-refractivity contribution is 0.669. The molecule has 24 rings (SSSR count). The van der Waals surface area contributed by atoms with Gasteiger partial charge in [-0.15, -0.1) is 0 Å². The van der Waals surface area contributed by atoms with Crippen LogP contribution < -0.4 is 26.2 Å². The lowest BCUT2D eigenvalue weighted by Gasteiger charge is -2.45. The molecule has 6 heteroatoms. The number of hydrogen-bond donors (Lipinski definition) is 0. The van der Waals surface area contributed by atoms with E-state index in [9.17, 15) is 17.8 Å². The normalized spacial score (nSPS) is 14.4. The highest BCUT2D eigenvalue weighted by molar-refractivity contribution is 7.00. The highest BCUT2D eigenvalue weighted by Gasteiger charge is 2.45. The van der Waals surface area contributed by atoms with Gasteiger partial charge in [-0.1, -0.05) is 297 Å². The number of fused-ring (bicyclic) bond motifs is 27. The molecule has 5 nitrogen and oxygen atoms in total. The van der Waals surface area contributed by atoms with Crippen molar-refractivity contribution in [2.45, 2.75) is 6.92 Å². The molecule has 0 saturated heterocycles. The van der Waals surface area contributed by atoms with Gasteiger partial charge in [0.25, 0.3) is 6.71 Å². The topological polar surface area (TPSA) is 28.4 Å². The maximum atomic E-state index is 10.4. The molecule has 0 spiro atoms. The zero-order chi connectivity index (χ0) is 82.6. The van der Waals surface area contributed by atoms with Crippen molar-refractivity contribution in [1.29, 1.82) is 0 Å². The van der Waals surface area contributed by atoms with E-state index in [0.717, 1.165) is 121 Å². The van der Waals surface area contributed by atoms with Crippen molar-refractivity contribution in [2.75, 3.05) is 9.80 Å². The molecule has 0 radical (unpaired) electrons. The van der Waals surface area contributed by atoms with Gasteiger partial charge in [0.1, 0.15) is 11.2 Å². The molecule has 17 aromatic carbocycles. The fraction of sp³-hybridized carbons (Fsp3) is 0.00971. The number of para-hydroxylation sites is 6. The van der Waals surface area contributed by atoms with E-state index < -0.39 is 36.9 Å². The average Bonchev–Trinajstić information content (AvgIpc) is 1.36. The number of nitrogens with zero attached hydrogens (tertiary/aromatic N) is 4. The third-order valence-electron chi connectivity index (χ3n) is 23.2. The van der Waals surface area contributed by atoms with E-state index in [1.807, 2.05) is 149 Å². The molecule has 2 aliphatic rings. The summed E-state index contributed by atoms with van der Waals surface area (Å²) in [6.07, 6.45) is 0. The Labute approximate surface area is 645 Å². The van der Waals surface area contributed by atoms with Gasteiger partial charge in [-0.3, -0.25) is 0 Å². The van der Waals surface area contributed by atoms with Gasteiger partial charge in [-0.2, -0.15) is 0 Å². The Morgan fingerprint density at radius 2 is 0.688 bits per heavy atom. The molecule has 0 aliphatic carbocycles. The van der Waals surface area contributed by atoms with Crippen molar-refractivity contribution in [3.8, 4) is 33.4 Å². The standard InChI is InChI=1S/C103H63BN4O/c1-62-51-53-82-77-41-19-24-49-91(77)108-93-61-95-87(59-84(93)75-39-13-10-35-71(75)72-36-14-15-43-79(72)100(62)103(82)108)104-86-58-83-74-38-12-9-34-70(74)69-33-8-11-37-73(69)80-44-26-45-81-76-40-18-23-48-90(76)107(102(80)81)92(83)60-94(86)105(88-46-21-16-31-67(88)63-27-4-2-5-28-63)96-56-66(65-52-54-99-85(55-65)78-42-20-25-50-98(78)109-99)57-97(101(96)104)106(95)89-47-22-17-32-68(89)64-29-6-3-7-30-64/h2-61H,1H3/i18D,19D,23D,24D,26D,40D,41D,44D,45D,48D,49D,51D,53D. The zero-order valence-electron chi connectivity index (χ0n) is 71.4. The number of aryl methyl sites for hydroxylation is 1. The largest absolute Gasteiger partial charge is 0.456 e. The summed E-state index contributed by atoms with van der Waals surface area (Å²) in [5.41, 5.74) is 16.2. The number of hydrogen-bond acceptors (Lipinski definition) is 3. The molecule has 22 aromatic rings. The zero-order valence-corrected chi connectivity index (χ0v) is 58.4. The Balaban J connectivity index is 0.990. The van der Waals surface area contributed by atoms with E-state index in [0.29, 0.717) is 66.0 Å². The molecule has 0 fully saturated rings. The van der Waals surface area contributed by atoms with E-state index >= 15 is 0 Å². The van der Waals surface area contributed by atoms with E-state index in [4.69, 9.17) is 4.42 Å². The van der Waals surface area contributed by atoms with Gasteiger partial charge >= 0.3 is 0 Å². The first-order valence-corrected chi connectivity index (χ1v) is 36.8. The number of aromatic nitrogens is 2. The molecule has 5 aromatic heterocycles. The van der Waals surface area contributed by atoms with Crippen LogP contribution in [0.1, 0.15) is 23.4 Å². The SMILES string of the molecule is [2H]c1c([2H])c([2H])c2c(c1[2H])c1c([2H])c([2H])c([2H])c3c4ccccc4c4ccccc4c4cc5c(cc4n2c31)N(c1ccccc1-c1ccccc1)c1cc(-c2ccc3oc4ccccc4c3c2)cc2c1B5c1cc3c4ccccc4c4ccccc4c4c(C)c([2H])c([2H])c5c6c([2H])c([2H])c([2H])c([2H])c6n(c3cc1N2c1ccccc1-c1ccccc1)c45. The maximum Gasteiger partial charge on any atom is 0.252 e. The van der Waals surface area contributed by atoms with Crippen LogP contribution in [0.5, 0.6) is 0 Å². The summed E-state index contributed by atoms with van der Waals surface area (Å²) in [7, 11) is 0. The maximum absolute atomic E-state index is 10.4. The van der Waals surface area contributed by atoms with Crippen LogP contribution >= 0.6 is 0 Å². The second-order valence-corrected chi connectivity index (χ2v) is 28.7. The van der Waals surface area contributed by atoms with Gasteiger partial charge in [0, 0.05) is 87.7 Å². The van der Waals surface area contributed by atoms with Gasteiger partial charge in [-0.25, -0.2) is 0 Å². The van der Waals surface area contributed by atoms with Gasteiger partial charge < -0.3 is 23.0 Å². The molecular weight excluding hydrogens is 1320 g/mol. The molecule has 504 valence electrons. The highest BCUT2D eigenvalue weighted by Crippen LogP contribution is 2.53. The summed E-state index contributed by atoms with van der Waals surface area (Å²) in [6.45, 7) is 1.07. The lowest BCUT2D eigenvalue weighted by Crippen LogP contribution is -2.61. The first-order valence-electron chi connectivity index (χ1n) is 43.3. The van der Waals surface area contributed by atoms with Crippen molar-refractivity contribution in [2.24, 2.45) is 0 Å². The number of benzene rings is 17. The second kappa shape index (κ2) is 22.9. The van der Waals surface area contributed by atoms with Crippen molar-refractivity contribution >= 4 is 198 Å². The second-order valence-electron chi connectivity index (χ2n) is 28.7. The van der Waals surface area contributed by atoms with Crippen LogP contribution in [0.3, 0.4) is 0 Å². The molecule has 0 unspecified atom stereocenters. The average molecular weight is 1400 g/mol. The first-order chi connectivity index (χ1) is 59.4. The van der Waals surface area contributed by atoms with Crippen LogP contribution in [0.4, 0.5) is 34.1 Å². The smallest absolute Gasteiger partial charge is 0.252 e. The highest BCUT2D eigenvalue weighted by atomic mass is 16.3. The number of anilines is 6. The van der Waals surface area contributed by atoms with Crippen molar-refractivity contribution < 1.29 is 22.2 Å². The number of rotatable bonds is 5. The minimum absolute atomic E-state index is 0.0431. The summed E-state index contributed by atoms with van der Waals surface area (Å²) >= 11 is 0. The van der Waals surface area contributed by atoms with E-state index in [2.05, 4.69) is 161 Å². The van der Waals surface area contributed by atoms with Crippen LogP contribution in [0.25, 0.3) is 175 Å². The Kier molecular flexibility index (Phi) is 10.2. The summed E-state index contributed by atoms with van der Waals surface area (Å²) < 4.78 is 140. The van der Waals surface area contributed by atoms with Crippen LogP contribution in [0, 0.1) is 6.92 Å². The summed E-state index contributed by atoms with van der Waals surface area (Å²) in [5.74, 6) is 0. The van der Waals surface area contributed by atoms with Crippen LogP contribution in [0.15, 0.2) is 368 Å². The minimum Gasteiger partial charge on any atom is -0.456 e. The van der Waals surface area contributed by atoms with Gasteiger partial charge in [0.05, 0.1) is 62.3 Å². The van der Waals surface area contributed by atoms with Gasteiger partial charge in [0.2, 0.25) is 0 Å². The molecule has 0 atom stereocenters. The minimum atomic E-state index is -0.787. The summed E-state index contributed by atoms with van der Waals surface area (Å²) in [4.78, 5) is 4.74. The Hall–Kier alpha value is -14.2. The molecule has 0 saturated carbocycles. The molecule has 0 N–H and O–H groups in total. The van der Waals surface area contributed by atoms with Gasteiger partial charge in [-0.05, 0) is 161 Å². The third kappa shape index (κ3) is 8.51. The van der Waals surface area contributed by atoms with E-state index in [1.54, 1.807) is 0 Å². The van der Waals surface area contributed by atoms with E-state index in [1.165, 1.54) is 0 Å². The molecule has 7 heterocycles. The monoisotopic (exact) mass is 1400 g/mol. The molecule has 2 aliphatic heterocycles. The van der Waals surface area contributed by atoms with Crippen LogP contribution in [-0.4, -0.2) is 15.5 Å². The molecule has 0 bridgehead atoms. The quantitative estimate of drug-likeness (QED) is 0.161.